The molecule has 2 heterocycles. The van der Waals surface area contributed by atoms with Crippen molar-refractivity contribution in [1.82, 2.24) is 10.3 Å². The summed E-state index contributed by atoms with van der Waals surface area (Å²) in [6.07, 6.45) is 1.72. The number of anilines is 1. The molecule has 1 unspecified atom stereocenters. The molecule has 0 fully saturated rings. The predicted octanol–water partition coefficient (Wildman–Crippen LogP) is 3.70. The van der Waals surface area contributed by atoms with Gasteiger partial charge in [-0.05, 0) is 13.0 Å². The number of halogens is 2. The minimum Gasteiger partial charge on any atom is -0.376 e. The van der Waals surface area contributed by atoms with Crippen molar-refractivity contribution in [3.63, 3.8) is 0 Å². The lowest BCUT2D eigenvalue weighted by Crippen LogP contribution is -2.43. The van der Waals surface area contributed by atoms with E-state index in [1.165, 1.54) is 0 Å². The van der Waals surface area contributed by atoms with Gasteiger partial charge < -0.3 is 20.4 Å². The Kier molecular flexibility index (Phi) is 5.48. The van der Waals surface area contributed by atoms with Crippen LogP contribution in [-0.2, 0) is 4.74 Å². The first kappa shape index (κ1) is 17.7. The predicted molar refractivity (Wildman–Crippen MR) is 97.2 cm³/mol. The van der Waals surface area contributed by atoms with Gasteiger partial charge in [0.2, 0.25) is 5.12 Å². The lowest BCUT2D eigenvalue weighted by Gasteiger charge is -2.30. The maximum Gasteiger partial charge on any atom is 0.232 e. The van der Waals surface area contributed by atoms with Gasteiger partial charge in [0.05, 0.1) is 10.6 Å². The van der Waals surface area contributed by atoms with Crippen molar-refractivity contribution in [2.45, 2.75) is 37.7 Å². The highest BCUT2D eigenvalue weighted by atomic mass is 35.5. The number of aromatic nitrogens is 1. The van der Waals surface area contributed by atoms with Crippen molar-refractivity contribution < 1.29 is 4.74 Å². The van der Waals surface area contributed by atoms with E-state index in [1.807, 2.05) is 6.92 Å². The van der Waals surface area contributed by atoms with Gasteiger partial charge in [-0.1, -0.05) is 42.8 Å². The van der Waals surface area contributed by atoms with Gasteiger partial charge in [-0.15, -0.1) is 0 Å². The first-order valence-corrected chi connectivity index (χ1v) is 12.0. The molecule has 124 valence electrons. The Balaban J connectivity index is 2.06. The van der Waals surface area contributed by atoms with Crippen LogP contribution in [-0.4, -0.2) is 43.8 Å². The number of rotatable bonds is 6. The summed E-state index contributed by atoms with van der Waals surface area (Å²) in [5.41, 5.74) is 0.821. The molecule has 0 radical (unpaired) electrons. The normalized spacial score (nSPS) is 21.1. The fraction of sp³-hybridized carbons (Fsp3) is 0.643. The van der Waals surface area contributed by atoms with Gasteiger partial charge in [-0.3, -0.25) is 0 Å². The number of aliphatic imine (C=N–C) groups is 1. The molecule has 0 aromatic carbocycles. The summed E-state index contributed by atoms with van der Waals surface area (Å²) in [4.78, 5) is 7.64. The zero-order chi connectivity index (χ0) is 16.4. The van der Waals surface area contributed by atoms with E-state index in [0.29, 0.717) is 24.1 Å². The SMILES string of the molecule is CCNC1=NC(Cl)(COCC[Si](C)(C)C)Nc2[nH]cc(Cl)c21. The van der Waals surface area contributed by atoms with E-state index in [-0.39, 0.29) is 0 Å². The third-order valence-corrected chi connectivity index (χ3v) is 5.60. The van der Waals surface area contributed by atoms with Crippen LogP contribution in [0.5, 0.6) is 0 Å². The van der Waals surface area contributed by atoms with Crippen LogP contribution in [0.3, 0.4) is 0 Å². The quantitative estimate of drug-likeness (QED) is 0.313. The summed E-state index contributed by atoms with van der Waals surface area (Å²) < 4.78 is 5.76. The molecule has 2 rings (SSSR count). The number of hydrogen-bond acceptors (Lipinski definition) is 4. The smallest absolute Gasteiger partial charge is 0.232 e. The van der Waals surface area contributed by atoms with Crippen molar-refractivity contribution in [3.05, 3.63) is 16.8 Å². The molecule has 0 bridgehead atoms. The van der Waals surface area contributed by atoms with Crippen LogP contribution in [0.15, 0.2) is 11.2 Å². The Hall–Kier alpha value is -0.693. The highest BCUT2D eigenvalue weighted by Gasteiger charge is 2.35. The standard InChI is InChI=1S/C14H24Cl2N4OSi/c1-5-17-12-11-10(15)8-18-13(11)20-14(16,19-12)9-21-6-7-22(2,3)4/h8,18,20H,5-7,9H2,1-4H3,(H,17,19). The Morgan fingerprint density at radius 1 is 1.41 bits per heavy atom. The molecule has 0 aliphatic carbocycles. The molecular weight excluding hydrogens is 339 g/mol. The topological polar surface area (TPSA) is 61.4 Å². The zero-order valence-electron chi connectivity index (χ0n) is 13.5. The van der Waals surface area contributed by atoms with E-state index >= 15 is 0 Å². The molecule has 1 aliphatic rings. The van der Waals surface area contributed by atoms with Gasteiger partial charge in [0.1, 0.15) is 18.3 Å². The second-order valence-corrected chi connectivity index (χ2v) is 13.3. The third kappa shape index (κ3) is 4.41. The Bertz CT molecular complexity index is 556. The van der Waals surface area contributed by atoms with Crippen LogP contribution in [0.1, 0.15) is 12.5 Å². The zero-order valence-corrected chi connectivity index (χ0v) is 16.0. The number of fused-ring (bicyclic) bond motifs is 1. The molecule has 5 nitrogen and oxygen atoms in total. The summed E-state index contributed by atoms with van der Waals surface area (Å²) in [6.45, 7) is 10.7. The Morgan fingerprint density at radius 2 is 2.14 bits per heavy atom. The largest absolute Gasteiger partial charge is 0.376 e. The fourth-order valence-electron chi connectivity index (χ4n) is 2.13. The summed E-state index contributed by atoms with van der Waals surface area (Å²) in [7, 11) is -1.11. The first-order valence-electron chi connectivity index (χ1n) is 7.50. The van der Waals surface area contributed by atoms with Crippen LogP contribution in [0.4, 0.5) is 5.82 Å². The number of ether oxygens (including phenoxy) is 1. The molecule has 0 saturated carbocycles. The van der Waals surface area contributed by atoms with Gasteiger partial charge in [0.15, 0.2) is 0 Å². The number of H-pyrrole nitrogens is 1. The van der Waals surface area contributed by atoms with Crippen LogP contribution in [0.25, 0.3) is 0 Å². The minimum absolute atomic E-state index is 0.296. The van der Waals surface area contributed by atoms with Crippen LogP contribution in [0.2, 0.25) is 30.7 Å². The van der Waals surface area contributed by atoms with Gasteiger partial charge in [-0.25, -0.2) is 4.99 Å². The Morgan fingerprint density at radius 3 is 2.77 bits per heavy atom. The molecular formula is C14H24Cl2N4OSi. The molecule has 1 aromatic heterocycles. The van der Waals surface area contributed by atoms with Crippen molar-refractivity contribution in [2.75, 3.05) is 25.1 Å². The maximum atomic E-state index is 6.58. The van der Waals surface area contributed by atoms with Crippen molar-refractivity contribution in [2.24, 2.45) is 4.99 Å². The van der Waals surface area contributed by atoms with Crippen LogP contribution < -0.4 is 10.6 Å². The van der Waals surface area contributed by atoms with E-state index in [0.717, 1.165) is 24.0 Å². The number of amidine groups is 1. The molecule has 3 N–H and O–H groups in total. The highest BCUT2D eigenvalue weighted by Crippen LogP contribution is 2.33. The summed E-state index contributed by atoms with van der Waals surface area (Å²) >= 11 is 12.8. The minimum atomic E-state index is -1.11. The van der Waals surface area contributed by atoms with E-state index in [4.69, 9.17) is 27.9 Å². The number of nitrogens with zero attached hydrogens (tertiary/aromatic N) is 1. The molecule has 22 heavy (non-hydrogen) atoms. The second kappa shape index (κ2) is 6.82. The van der Waals surface area contributed by atoms with Gasteiger partial charge in [0.25, 0.3) is 0 Å². The average molecular weight is 363 g/mol. The van der Waals surface area contributed by atoms with Gasteiger partial charge in [0, 0.05) is 27.4 Å². The Labute approximate surface area is 142 Å². The molecule has 0 saturated heterocycles. The first-order chi connectivity index (χ1) is 10.2. The van der Waals surface area contributed by atoms with Crippen LogP contribution in [0, 0.1) is 0 Å². The number of nitrogens with one attached hydrogen (secondary N) is 3. The molecule has 8 heteroatoms. The molecule has 0 spiro atoms. The summed E-state index contributed by atoms with van der Waals surface area (Å²) in [5.74, 6) is 1.45. The molecule has 1 aliphatic heterocycles. The molecule has 1 aromatic rings. The highest BCUT2D eigenvalue weighted by molar-refractivity contribution is 6.76. The molecule has 0 amide bonds. The van der Waals surface area contributed by atoms with E-state index in [9.17, 15) is 0 Å². The van der Waals surface area contributed by atoms with E-state index in [2.05, 4.69) is 40.3 Å². The monoisotopic (exact) mass is 362 g/mol. The summed E-state index contributed by atoms with van der Waals surface area (Å²) in [6, 6.07) is 1.10. The van der Waals surface area contributed by atoms with Crippen molar-refractivity contribution >= 4 is 42.9 Å². The van der Waals surface area contributed by atoms with E-state index in [1.54, 1.807) is 6.20 Å². The van der Waals surface area contributed by atoms with Crippen molar-refractivity contribution in [3.8, 4) is 0 Å². The average Bonchev–Trinajstić information content (AvgIpc) is 2.75. The maximum absolute atomic E-state index is 6.58. The van der Waals surface area contributed by atoms with Gasteiger partial charge >= 0.3 is 0 Å². The lowest BCUT2D eigenvalue weighted by atomic mass is 10.2. The third-order valence-electron chi connectivity index (χ3n) is 3.31. The van der Waals surface area contributed by atoms with E-state index < -0.39 is 13.2 Å². The fourth-order valence-corrected chi connectivity index (χ4v) is 3.38. The molecule has 1 atom stereocenters. The number of hydrogen-bond donors (Lipinski definition) is 3. The lowest BCUT2D eigenvalue weighted by molar-refractivity contribution is 0.128. The number of alkyl halides is 1. The van der Waals surface area contributed by atoms with Crippen LogP contribution >= 0.6 is 23.2 Å². The summed E-state index contributed by atoms with van der Waals surface area (Å²) in [5, 5.41) is 5.97. The number of aromatic amines is 1. The van der Waals surface area contributed by atoms with Gasteiger partial charge in [-0.2, -0.15) is 0 Å². The van der Waals surface area contributed by atoms with Crippen molar-refractivity contribution in [1.29, 1.82) is 0 Å². The second-order valence-electron chi connectivity index (χ2n) is 6.62.